The molecule has 1 aromatic carbocycles. The van der Waals surface area contributed by atoms with E-state index in [0.29, 0.717) is 19.2 Å². The van der Waals surface area contributed by atoms with E-state index < -0.39 is 0 Å². The van der Waals surface area contributed by atoms with Crippen molar-refractivity contribution in [2.75, 3.05) is 20.3 Å². The summed E-state index contributed by atoms with van der Waals surface area (Å²) in [7, 11) is 1.67. The highest BCUT2D eigenvalue weighted by Crippen LogP contribution is 2.28. The number of hydrogen-bond acceptors (Lipinski definition) is 2. The van der Waals surface area contributed by atoms with Gasteiger partial charge in [0.25, 0.3) is 5.91 Å². The molecule has 4 heteroatoms. The number of ether oxygens (including phenoxy) is 1. The summed E-state index contributed by atoms with van der Waals surface area (Å²) >= 11 is 3.45. The van der Waals surface area contributed by atoms with Crippen LogP contribution in [0.3, 0.4) is 0 Å². The van der Waals surface area contributed by atoms with E-state index >= 15 is 0 Å². The van der Waals surface area contributed by atoms with Gasteiger partial charge in [-0.2, -0.15) is 0 Å². The third-order valence-corrected chi connectivity index (χ3v) is 4.08. The topological polar surface area (TPSA) is 29.5 Å². The number of aryl methyl sites for hydroxylation is 1. The zero-order valence-corrected chi connectivity index (χ0v) is 12.4. The van der Waals surface area contributed by atoms with Gasteiger partial charge in [0.1, 0.15) is 0 Å². The van der Waals surface area contributed by atoms with Crippen LogP contribution < -0.4 is 0 Å². The summed E-state index contributed by atoms with van der Waals surface area (Å²) in [5, 5.41) is 0. The first-order valence-corrected chi connectivity index (χ1v) is 6.99. The van der Waals surface area contributed by atoms with Crippen LogP contribution in [-0.2, 0) is 4.74 Å². The fourth-order valence-corrected chi connectivity index (χ4v) is 2.22. The predicted octanol–water partition coefficient (Wildman–Crippen LogP) is 3.01. The molecular formula is C14H18BrNO2. The Kier molecular flexibility index (Phi) is 4.40. The third-order valence-electron chi connectivity index (χ3n) is 3.19. The molecule has 1 saturated carbocycles. The molecule has 0 N–H and O–H groups in total. The van der Waals surface area contributed by atoms with E-state index in [2.05, 4.69) is 15.9 Å². The molecule has 0 bridgehead atoms. The van der Waals surface area contributed by atoms with E-state index in [1.165, 1.54) is 0 Å². The Labute approximate surface area is 116 Å². The number of carbonyl (C=O) groups is 1. The molecule has 2 rings (SSSR count). The van der Waals surface area contributed by atoms with Crippen molar-refractivity contribution in [3.8, 4) is 0 Å². The summed E-state index contributed by atoms with van der Waals surface area (Å²) in [5.74, 6) is 0.116. The fraction of sp³-hybridized carbons (Fsp3) is 0.500. The van der Waals surface area contributed by atoms with E-state index in [4.69, 9.17) is 4.74 Å². The van der Waals surface area contributed by atoms with E-state index in [9.17, 15) is 4.79 Å². The maximum absolute atomic E-state index is 12.5. The SMILES string of the molecule is COCCN(C(=O)c1ccc(Br)c(C)c1)C1CC1. The standard InChI is InChI=1S/C14H18BrNO2/c1-10-9-11(3-6-13(10)15)14(17)16(7-8-18-2)12-4-5-12/h3,6,9,12H,4-5,7-8H2,1-2H3. The lowest BCUT2D eigenvalue weighted by Crippen LogP contribution is -2.35. The predicted molar refractivity (Wildman–Crippen MR) is 74.8 cm³/mol. The molecule has 18 heavy (non-hydrogen) atoms. The third kappa shape index (κ3) is 3.12. The number of amides is 1. The average molecular weight is 312 g/mol. The molecule has 3 nitrogen and oxygen atoms in total. The fourth-order valence-electron chi connectivity index (χ4n) is 1.97. The molecule has 1 aliphatic carbocycles. The van der Waals surface area contributed by atoms with Crippen molar-refractivity contribution in [3.63, 3.8) is 0 Å². The zero-order chi connectivity index (χ0) is 13.1. The van der Waals surface area contributed by atoms with Gasteiger partial charge >= 0.3 is 0 Å². The molecule has 0 atom stereocenters. The minimum atomic E-state index is 0.116. The molecule has 0 radical (unpaired) electrons. The Morgan fingerprint density at radius 2 is 2.22 bits per heavy atom. The van der Waals surface area contributed by atoms with Crippen molar-refractivity contribution in [2.45, 2.75) is 25.8 Å². The van der Waals surface area contributed by atoms with Gasteiger partial charge in [-0.15, -0.1) is 0 Å². The normalized spacial score (nSPS) is 14.6. The van der Waals surface area contributed by atoms with Crippen molar-refractivity contribution >= 4 is 21.8 Å². The van der Waals surface area contributed by atoms with Gasteiger partial charge in [-0.3, -0.25) is 4.79 Å². The molecular weight excluding hydrogens is 294 g/mol. The maximum Gasteiger partial charge on any atom is 0.254 e. The monoisotopic (exact) mass is 311 g/mol. The Balaban J connectivity index is 2.13. The summed E-state index contributed by atoms with van der Waals surface area (Å²) in [5.41, 5.74) is 1.85. The second kappa shape index (κ2) is 5.85. The number of rotatable bonds is 5. The largest absolute Gasteiger partial charge is 0.383 e. The number of halogens is 1. The van der Waals surface area contributed by atoms with Gasteiger partial charge in [0.2, 0.25) is 0 Å². The second-order valence-electron chi connectivity index (χ2n) is 4.69. The van der Waals surface area contributed by atoms with Gasteiger partial charge < -0.3 is 9.64 Å². The van der Waals surface area contributed by atoms with Gasteiger partial charge in [-0.05, 0) is 43.5 Å². The van der Waals surface area contributed by atoms with E-state index in [-0.39, 0.29) is 5.91 Å². The summed E-state index contributed by atoms with van der Waals surface area (Å²) in [6.07, 6.45) is 2.23. The number of carbonyl (C=O) groups excluding carboxylic acids is 1. The highest BCUT2D eigenvalue weighted by Gasteiger charge is 2.32. The van der Waals surface area contributed by atoms with E-state index in [0.717, 1.165) is 28.4 Å². The van der Waals surface area contributed by atoms with Crippen LogP contribution >= 0.6 is 15.9 Å². The number of hydrogen-bond donors (Lipinski definition) is 0. The molecule has 1 amide bonds. The van der Waals surface area contributed by atoms with Crippen molar-refractivity contribution in [1.82, 2.24) is 4.90 Å². The van der Waals surface area contributed by atoms with Crippen molar-refractivity contribution in [1.29, 1.82) is 0 Å². The zero-order valence-electron chi connectivity index (χ0n) is 10.8. The van der Waals surface area contributed by atoms with Crippen LogP contribution in [0.2, 0.25) is 0 Å². The van der Waals surface area contributed by atoms with Gasteiger partial charge in [0.05, 0.1) is 6.61 Å². The molecule has 0 unspecified atom stereocenters. The van der Waals surface area contributed by atoms with Crippen molar-refractivity contribution in [2.24, 2.45) is 0 Å². The summed E-state index contributed by atoms with van der Waals surface area (Å²) < 4.78 is 6.11. The summed E-state index contributed by atoms with van der Waals surface area (Å²) in [6.45, 7) is 3.27. The highest BCUT2D eigenvalue weighted by atomic mass is 79.9. The lowest BCUT2D eigenvalue weighted by molar-refractivity contribution is 0.0680. The Morgan fingerprint density at radius 3 is 2.78 bits per heavy atom. The van der Waals surface area contributed by atoms with Crippen LogP contribution in [-0.4, -0.2) is 37.1 Å². The van der Waals surface area contributed by atoms with Crippen molar-refractivity contribution < 1.29 is 9.53 Å². The Bertz CT molecular complexity index is 443. The highest BCUT2D eigenvalue weighted by molar-refractivity contribution is 9.10. The molecule has 0 aromatic heterocycles. The molecule has 0 aliphatic heterocycles. The number of benzene rings is 1. The lowest BCUT2D eigenvalue weighted by Gasteiger charge is -2.22. The maximum atomic E-state index is 12.5. The molecule has 0 saturated heterocycles. The average Bonchev–Trinajstić information content (AvgIpc) is 3.17. The molecule has 1 aliphatic rings. The van der Waals surface area contributed by atoms with E-state index in [1.807, 2.05) is 30.0 Å². The van der Waals surface area contributed by atoms with Crippen LogP contribution in [0.25, 0.3) is 0 Å². The van der Waals surface area contributed by atoms with Crippen molar-refractivity contribution in [3.05, 3.63) is 33.8 Å². The Morgan fingerprint density at radius 1 is 1.50 bits per heavy atom. The number of methoxy groups -OCH3 is 1. The van der Waals surface area contributed by atoms with Crippen LogP contribution in [0, 0.1) is 6.92 Å². The Hall–Kier alpha value is -0.870. The van der Waals surface area contributed by atoms with Crippen LogP contribution in [0.5, 0.6) is 0 Å². The quantitative estimate of drug-likeness (QED) is 0.836. The number of nitrogens with zero attached hydrogens (tertiary/aromatic N) is 1. The lowest BCUT2D eigenvalue weighted by atomic mass is 10.1. The molecule has 1 aromatic rings. The molecule has 98 valence electrons. The molecule has 0 heterocycles. The summed E-state index contributed by atoms with van der Waals surface area (Å²) in [6, 6.07) is 6.16. The molecule has 1 fully saturated rings. The van der Waals surface area contributed by atoms with Crippen LogP contribution in [0.1, 0.15) is 28.8 Å². The minimum Gasteiger partial charge on any atom is -0.383 e. The summed E-state index contributed by atoms with van der Waals surface area (Å²) in [4.78, 5) is 14.4. The van der Waals surface area contributed by atoms with Crippen LogP contribution in [0.15, 0.2) is 22.7 Å². The molecule has 0 spiro atoms. The minimum absolute atomic E-state index is 0.116. The van der Waals surface area contributed by atoms with Crippen LogP contribution in [0.4, 0.5) is 0 Å². The van der Waals surface area contributed by atoms with E-state index in [1.54, 1.807) is 7.11 Å². The van der Waals surface area contributed by atoms with Gasteiger partial charge in [-0.1, -0.05) is 15.9 Å². The smallest absolute Gasteiger partial charge is 0.254 e. The second-order valence-corrected chi connectivity index (χ2v) is 5.54. The van der Waals surface area contributed by atoms with Gasteiger partial charge in [0, 0.05) is 29.7 Å². The van der Waals surface area contributed by atoms with Gasteiger partial charge in [-0.25, -0.2) is 0 Å². The first-order chi connectivity index (χ1) is 8.63. The first-order valence-electron chi connectivity index (χ1n) is 6.19. The first kappa shape index (κ1) is 13.6. The van der Waals surface area contributed by atoms with Gasteiger partial charge in [0.15, 0.2) is 0 Å².